The topological polar surface area (TPSA) is 86.8 Å². The maximum absolute atomic E-state index is 13.5. The van der Waals surface area contributed by atoms with Crippen LogP contribution in [0.25, 0.3) is 0 Å². The minimum atomic E-state index is -3.72. The molecule has 0 radical (unpaired) electrons. The molecule has 0 saturated carbocycles. The molecule has 0 bridgehead atoms. The Morgan fingerprint density at radius 3 is 2.12 bits per heavy atom. The van der Waals surface area contributed by atoms with Gasteiger partial charge in [-0.3, -0.25) is 13.9 Å². The summed E-state index contributed by atoms with van der Waals surface area (Å²) in [7, 11) is -3.72. The second kappa shape index (κ2) is 11.8. The van der Waals surface area contributed by atoms with Crippen molar-refractivity contribution in [3.05, 3.63) is 65.2 Å². The molecule has 0 aliphatic carbocycles. The van der Waals surface area contributed by atoms with E-state index >= 15 is 0 Å². The van der Waals surface area contributed by atoms with Crippen LogP contribution < -0.4 is 9.62 Å². The van der Waals surface area contributed by atoms with Crippen molar-refractivity contribution in [1.29, 1.82) is 0 Å². The Morgan fingerprint density at radius 2 is 1.61 bits per heavy atom. The maximum atomic E-state index is 13.5. The Bertz CT molecular complexity index is 1030. The molecule has 0 heterocycles. The molecule has 1 atom stereocenters. The Balaban J connectivity index is 2.38. The maximum Gasteiger partial charge on any atom is 0.244 e. The van der Waals surface area contributed by atoms with Gasteiger partial charge in [-0.25, -0.2) is 8.42 Å². The Hall–Kier alpha value is -2.87. The van der Waals surface area contributed by atoms with Gasteiger partial charge in [-0.15, -0.1) is 0 Å². The summed E-state index contributed by atoms with van der Waals surface area (Å²) in [5, 5.41) is 2.80. The predicted octanol–water partition coefficient (Wildman–Crippen LogP) is 3.06. The summed E-state index contributed by atoms with van der Waals surface area (Å²) in [5.41, 5.74) is 3.29. The average Bonchev–Trinajstić information content (AvgIpc) is 2.74. The highest BCUT2D eigenvalue weighted by molar-refractivity contribution is 7.92. The molecule has 2 rings (SSSR count). The first-order chi connectivity index (χ1) is 15.6. The second-order valence-corrected chi connectivity index (χ2v) is 10.2. The number of nitrogens with one attached hydrogen (secondary N) is 1. The number of rotatable bonds is 11. The van der Waals surface area contributed by atoms with E-state index in [-0.39, 0.29) is 12.5 Å². The second-order valence-electron chi connectivity index (χ2n) is 8.26. The molecule has 0 saturated heterocycles. The summed E-state index contributed by atoms with van der Waals surface area (Å²) >= 11 is 0. The molecule has 2 amide bonds. The number of sulfonamides is 1. The fourth-order valence-corrected chi connectivity index (χ4v) is 4.73. The zero-order chi connectivity index (χ0) is 24.6. The van der Waals surface area contributed by atoms with Crippen LogP contribution >= 0.6 is 0 Å². The number of carbonyl (C=O) groups excluding carboxylic acids is 2. The molecular weight excluding hydrogens is 438 g/mol. The fraction of sp³-hybridized carbons (Fsp3) is 0.440. The monoisotopic (exact) mass is 473 g/mol. The molecule has 0 unspecified atom stereocenters. The summed E-state index contributed by atoms with van der Waals surface area (Å²) in [6.45, 7) is 7.83. The number of anilines is 1. The number of aryl methyl sites for hydroxylation is 2. The van der Waals surface area contributed by atoms with Crippen molar-refractivity contribution in [1.82, 2.24) is 10.2 Å². The molecule has 33 heavy (non-hydrogen) atoms. The summed E-state index contributed by atoms with van der Waals surface area (Å²) in [4.78, 5) is 27.8. The third-order valence-electron chi connectivity index (χ3n) is 5.39. The first kappa shape index (κ1) is 26.4. The minimum absolute atomic E-state index is 0.237. The zero-order valence-corrected chi connectivity index (χ0v) is 21.0. The van der Waals surface area contributed by atoms with Gasteiger partial charge in [0.1, 0.15) is 12.6 Å². The number of benzene rings is 2. The van der Waals surface area contributed by atoms with Gasteiger partial charge in [-0.1, -0.05) is 43.3 Å². The molecule has 0 spiro atoms. The van der Waals surface area contributed by atoms with Crippen LogP contribution in [0.1, 0.15) is 37.0 Å². The smallest absolute Gasteiger partial charge is 0.244 e. The summed E-state index contributed by atoms with van der Waals surface area (Å²) in [6.07, 6.45) is 2.08. The normalized spacial score (nSPS) is 12.2. The quantitative estimate of drug-likeness (QED) is 0.543. The van der Waals surface area contributed by atoms with Crippen molar-refractivity contribution in [2.75, 3.05) is 30.2 Å². The van der Waals surface area contributed by atoms with Crippen LogP contribution in [0.2, 0.25) is 0 Å². The van der Waals surface area contributed by atoms with Crippen molar-refractivity contribution in [3.63, 3.8) is 0 Å². The van der Waals surface area contributed by atoms with Crippen molar-refractivity contribution < 1.29 is 18.0 Å². The number of nitrogens with zero attached hydrogens (tertiary/aromatic N) is 2. The predicted molar refractivity (Wildman–Crippen MR) is 133 cm³/mol. The highest BCUT2D eigenvalue weighted by Crippen LogP contribution is 2.22. The lowest BCUT2D eigenvalue weighted by Crippen LogP contribution is -2.53. The van der Waals surface area contributed by atoms with Gasteiger partial charge in [-0.2, -0.15) is 0 Å². The summed E-state index contributed by atoms with van der Waals surface area (Å²) in [5.74, 6) is -0.646. The van der Waals surface area contributed by atoms with E-state index in [1.807, 2.05) is 64.1 Å². The van der Waals surface area contributed by atoms with E-state index in [1.54, 1.807) is 12.1 Å². The van der Waals surface area contributed by atoms with Gasteiger partial charge in [0, 0.05) is 13.1 Å². The molecule has 0 aliphatic heterocycles. The minimum Gasteiger partial charge on any atom is -0.355 e. The van der Waals surface area contributed by atoms with E-state index in [4.69, 9.17) is 0 Å². The first-order valence-corrected chi connectivity index (χ1v) is 13.1. The Labute approximate surface area is 197 Å². The van der Waals surface area contributed by atoms with Gasteiger partial charge in [-0.05, 0) is 62.4 Å². The molecule has 1 N–H and O–H groups in total. The molecule has 7 nitrogen and oxygen atoms in total. The molecule has 2 aromatic rings. The van der Waals surface area contributed by atoms with Crippen molar-refractivity contribution in [3.8, 4) is 0 Å². The number of hydrogen-bond donors (Lipinski definition) is 1. The summed E-state index contributed by atoms with van der Waals surface area (Å²) in [6, 6.07) is 14.5. The van der Waals surface area contributed by atoms with E-state index in [0.717, 1.165) is 27.3 Å². The third-order valence-corrected chi connectivity index (χ3v) is 6.54. The van der Waals surface area contributed by atoms with E-state index in [0.29, 0.717) is 31.6 Å². The lowest BCUT2D eigenvalue weighted by molar-refractivity contribution is -0.139. The molecule has 0 aromatic heterocycles. The third kappa shape index (κ3) is 7.60. The number of likely N-dealkylation sites (N-methyl/N-ethyl adjacent to an activating group) is 1. The van der Waals surface area contributed by atoms with Crippen LogP contribution in [0.4, 0.5) is 5.69 Å². The van der Waals surface area contributed by atoms with E-state index in [2.05, 4.69) is 5.32 Å². The molecular formula is C25H35N3O4S. The van der Waals surface area contributed by atoms with Crippen LogP contribution in [0.15, 0.2) is 48.5 Å². The van der Waals surface area contributed by atoms with E-state index in [9.17, 15) is 18.0 Å². The lowest BCUT2D eigenvalue weighted by atomic mass is 10.1. The molecule has 0 fully saturated rings. The largest absolute Gasteiger partial charge is 0.355 e. The van der Waals surface area contributed by atoms with E-state index < -0.39 is 22.0 Å². The van der Waals surface area contributed by atoms with Crippen LogP contribution in [-0.2, 0) is 26.0 Å². The molecule has 8 heteroatoms. The van der Waals surface area contributed by atoms with Gasteiger partial charge in [0.2, 0.25) is 21.8 Å². The van der Waals surface area contributed by atoms with Gasteiger partial charge >= 0.3 is 0 Å². The Morgan fingerprint density at radius 1 is 1.00 bits per heavy atom. The van der Waals surface area contributed by atoms with Crippen LogP contribution in [-0.4, -0.2) is 57.1 Å². The molecule has 0 aliphatic rings. The number of carbonyl (C=O) groups is 2. The van der Waals surface area contributed by atoms with Crippen molar-refractivity contribution in [2.24, 2.45) is 0 Å². The Kier molecular flexibility index (Phi) is 9.46. The van der Waals surface area contributed by atoms with Crippen LogP contribution in [0.3, 0.4) is 0 Å². The van der Waals surface area contributed by atoms with Crippen molar-refractivity contribution >= 4 is 27.5 Å². The van der Waals surface area contributed by atoms with Gasteiger partial charge in [0.25, 0.3) is 0 Å². The fourth-order valence-electron chi connectivity index (χ4n) is 3.90. The van der Waals surface area contributed by atoms with Crippen LogP contribution in [0, 0.1) is 13.8 Å². The van der Waals surface area contributed by atoms with Crippen molar-refractivity contribution in [2.45, 2.75) is 46.6 Å². The number of amides is 2. The van der Waals surface area contributed by atoms with Gasteiger partial charge < -0.3 is 10.2 Å². The zero-order valence-electron chi connectivity index (χ0n) is 20.2. The highest BCUT2D eigenvalue weighted by Gasteiger charge is 2.31. The van der Waals surface area contributed by atoms with Gasteiger partial charge in [0.05, 0.1) is 11.9 Å². The molecule has 2 aromatic carbocycles. The number of hydrogen-bond acceptors (Lipinski definition) is 4. The molecule has 180 valence electrons. The van der Waals surface area contributed by atoms with Crippen LogP contribution in [0.5, 0.6) is 0 Å². The SMILES string of the molecule is CCNC(=O)[C@@H](CC)N(CCc1ccccc1)C(=O)CN(c1cc(C)cc(C)c1)S(C)(=O)=O. The standard InChI is InChI=1S/C25H35N3O4S/c1-6-23(25(30)26-7-2)27(14-13-21-11-9-8-10-12-21)24(29)18-28(33(5,31)32)22-16-19(3)15-20(4)17-22/h8-12,15-17,23H,6-7,13-14,18H2,1-5H3,(H,26,30)/t23-/m1/s1. The highest BCUT2D eigenvalue weighted by atomic mass is 32.2. The van der Waals surface area contributed by atoms with Gasteiger partial charge in [0.15, 0.2) is 0 Å². The summed E-state index contributed by atoms with van der Waals surface area (Å²) < 4.78 is 26.4. The first-order valence-electron chi connectivity index (χ1n) is 11.2. The lowest BCUT2D eigenvalue weighted by Gasteiger charge is -2.33. The van der Waals surface area contributed by atoms with E-state index in [1.165, 1.54) is 4.90 Å². The average molecular weight is 474 g/mol.